The van der Waals surface area contributed by atoms with Crippen molar-refractivity contribution in [2.75, 3.05) is 20.1 Å². The highest BCUT2D eigenvalue weighted by Gasteiger charge is 2.56. The minimum atomic E-state index is -0.717. The van der Waals surface area contributed by atoms with Crippen LogP contribution in [0.5, 0.6) is 0 Å². The second-order valence-corrected chi connectivity index (χ2v) is 10.4. The molecule has 7 atom stereocenters. The fourth-order valence-corrected chi connectivity index (χ4v) is 6.88. The van der Waals surface area contributed by atoms with Crippen molar-refractivity contribution < 1.29 is 14.4 Å². The first kappa shape index (κ1) is 21.6. The highest BCUT2D eigenvalue weighted by Crippen LogP contribution is 2.48. The van der Waals surface area contributed by atoms with Gasteiger partial charge in [0.2, 0.25) is 11.8 Å². The van der Waals surface area contributed by atoms with Gasteiger partial charge in [0, 0.05) is 37.8 Å². The molecule has 3 aliphatic heterocycles. The van der Waals surface area contributed by atoms with Crippen LogP contribution in [-0.2, 0) is 16.0 Å². The molecule has 6 rings (SSSR count). The maximum Gasteiger partial charge on any atom is 0.251 e. The predicted molar refractivity (Wildman–Crippen MR) is 122 cm³/mol. The number of nitriles is 1. The van der Waals surface area contributed by atoms with Gasteiger partial charge in [-0.05, 0) is 61.3 Å². The lowest BCUT2D eigenvalue weighted by Crippen LogP contribution is -2.57. The van der Waals surface area contributed by atoms with Gasteiger partial charge in [-0.2, -0.15) is 5.26 Å². The monoisotopic (exact) mass is 462 g/mol. The molecule has 3 N–H and O–H groups in total. The summed E-state index contributed by atoms with van der Waals surface area (Å²) in [5, 5.41) is 12.1. The Hall–Kier alpha value is -2.96. The molecular weight excluding hydrogens is 432 g/mol. The zero-order chi connectivity index (χ0) is 23.7. The van der Waals surface area contributed by atoms with Gasteiger partial charge in [0.25, 0.3) is 5.91 Å². The van der Waals surface area contributed by atoms with Crippen LogP contribution in [0, 0.1) is 17.2 Å². The molecule has 0 aromatic heterocycles. The molecule has 5 aliphatic rings. The zero-order valence-electron chi connectivity index (χ0n) is 19.3. The van der Waals surface area contributed by atoms with E-state index >= 15 is 0 Å². The van der Waals surface area contributed by atoms with Crippen LogP contribution in [0.15, 0.2) is 18.2 Å². The maximum atomic E-state index is 13.4. The lowest BCUT2D eigenvalue weighted by Gasteiger charge is -2.38. The number of piperazine rings is 1. The van der Waals surface area contributed by atoms with Crippen LogP contribution in [0.2, 0.25) is 0 Å². The SMILES string of the molecule is CNC(=O)c1ccc2c(c1)CC[C@@H]2N1C(=O)C2C[C@H]1CN2CC(N)C(=O)N1C(C#N)CC2CC21. The summed E-state index contributed by atoms with van der Waals surface area (Å²) in [4.78, 5) is 44.2. The van der Waals surface area contributed by atoms with Gasteiger partial charge in [-0.15, -0.1) is 0 Å². The van der Waals surface area contributed by atoms with E-state index in [4.69, 9.17) is 5.73 Å². The van der Waals surface area contributed by atoms with E-state index in [9.17, 15) is 19.6 Å². The average Bonchev–Trinajstić information content (AvgIpc) is 3.18. The van der Waals surface area contributed by atoms with Gasteiger partial charge >= 0.3 is 0 Å². The van der Waals surface area contributed by atoms with Gasteiger partial charge in [-0.25, -0.2) is 0 Å². The molecule has 178 valence electrons. The van der Waals surface area contributed by atoms with E-state index in [0.29, 0.717) is 24.6 Å². The van der Waals surface area contributed by atoms with Crippen LogP contribution in [0.1, 0.15) is 53.2 Å². The largest absolute Gasteiger partial charge is 0.355 e. The summed E-state index contributed by atoms with van der Waals surface area (Å²) >= 11 is 0. The first-order valence-electron chi connectivity index (χ1n) is 12.3. The van der Waals surface area contributed by atoms with E-state index in [2.05, 4.69) is 16.3 Å². The van der Waals surface area contributed by atoms with Crippen LogP contribution in [0.4, 0.5) is 0 Å². The number of amides is 3. The van der Waals surface area contributed by atoms with Crippen LogP contribution < -0.4 is 11.1 Å². The molecule has 9 nitrogen and oxygen atoms in total. The van der Waals surface area contributed by atoms with E-state index in [1.165, 1.54) is 0 Å². The molecule has 3 heterocycles. The Kier molecular flexibility index (Phi) is 4.94. The lowest BCUT2D eigenvalue weighted by molar-refractivity contribution is -0.141. The fourth-order valence-electron chi connectivity index (χ4n) is 6.88. The van der Waals surface area contributed by atoms with E-state index in [1.54, 1.807) is 11.9 Å². The number of nitrogens with two attached hydrogens (primary N) is 1. The Bertz CT molecular complexity index is 1110. The summed E-state index contributed by atoms with van der Waals surface area (Å²) in [6.07, 6.45) is 4.22. The number of rotatable bonds is 5. The highest BCUT2D eigenvalue weighted by atomic mass is 16.2. The minimum Gasteiger partial charge on any atom is -0.355 e. The number of benzene rings is 1. The van der Waals surface area contributed by atoms with Crippen LogP contribution in [0.3, 0.4) is 0 Å². The third-order valence-electron chi connectivity index (χ3n) is 8.58. The summed E-state index contributed by atoms with van der Waals surface area (Å²) in [7, 11) is 1.62. The van der Waals surface area contributed by atoms with Crippen molar-refractivity contribution >= 4 is 17.7 Å². The topological polar surface area (TPSA) is 123 Å². The van der Waals surface area contributed by atoms with E-state index in [-0.39, 0.29) is 47.9 Å². The first-order valence-corrected chi connectivity index (χ1v) is 12.3. The predicted octanol–water partition coefficient (Wildman–Crippen LogP) is 0.159. The number of likely N-dealkylation sites (tertiary alicyclic amines) is 3. The fraction of sp³-hybridized carbons (Fsp3) is 0.600. The molecule has 34 heavy (non-hydrogen) atoms. The van der Waals surface area contributed by atoms with E-state index < -0.39 is 6.04 Å². The second-order valence-electron chi connectivity index (χ2n) is 10.4. The molecule has 1 saturated carbocycles. The molecule has 0 spiro atoms. The molecule has 1 aromatic carbocycles. The van der Waals surface area contributed by atoms with Crippen molar-refractivity contribution in [1.29, 1.82) is 5.26 Å². The summed E-state index contributed by atoms with van der Waals surface area (Å²) in [6, 6.07) is 7.05. The minimum absolute atomic E-state index is 0.0430. The normalized spacial score (nSPS) is 34.1. The number of carbonyl (C=O) groups excluding carboxylic acids is 3. The smallest absolute Gasteiger partial charge is 0.251 e. The van der Waals surface area contributed by atoms with Crippen LogP contribution in [-0.4, -0.2) is 82.8 Å². The van der Waals surface area contributed by atoms with Crippen molar-refractivity contribution in [2.24, 2.45) is 11.7 Å². The highest BCUT2D eigenvalue weighted by molar-refractivity contribution is 5.94. The second kappa shape index (κ2) is 7.79. The van der Waals surface area contributed by atoms with E-state index in [1.807, 2.05) is 23.1 Å². The number of hydrogen-bond acceptors (Lipinski definition) is 6. The van der Waals surface area contributed by atoms with Crippen molar-refractivity contribution in [3.05, 3.63) is 34.9 Å². The molecule has 3 saturated heterocycles. The van der Waals surface area contributed by atoms with Gasteiger partial charge in [0.1, 0.15) is 6.04 Å². The van der Waals surface area contributed by atoms with Crippen molar-refractivity contribution in [1.82, 2.24) is 20.0 Å². The standard InChI is InChI=1S/C25H30N6O3/c1-28-23(32)14-2-4-18-13(6-14)3-5-20(18)31-17-9-22(25(31)34)29(11-17)12-19(27)24(33)30-16(10-26)7-15-8-21(15)30/h2,4,6,15-17,19-22H,3,5,7-9,11-12,27H2,1H3,(H,28,32)/t15?,16?,17-,19?,20-,21?,22?/m0/s1. The number of carbonyl (C=O) groups is 3. The summed E-state index contributed by atoms with van der Waals surface area (Å²) < 4.78 is 0. The molecular formula is C25H30N6O3. The maximum absolute atomic E-state index is 13.4. The molecule has 5 unspecified atom stereocenters. The molecule has 2 bridgehead atoms. The van der Waals surface area contributed by atoms with Gasteiger partial charge in [0.05, 0.1) is 24.2 Å². The number of nitrogens with one attached hydrogen (secondary N) is 1. The number of piperidine rings is 1. The molecule has 3 amide bonds. The Morgan fingerprint density at radius 1 is 1.26 bits per heavy atom. The van der Waals surface area contributed by atoms with Crippen molar-refractivity contribution in [3.63, 3.8) is 0 Å². The number of fused-ring (bicyclic) bond motifs is 4. The molecule has 4 fully saturated rings. The molecule has 1 aromatic rings. The molecule has 0 radical (unpaired) electrons. The summed E-state index contributed by atoms with van der Waals surface area (Å²) in [6.45, 7) is 1.07. The number of hydrogen-bond donors (Lipinski definition) is 2. The van der Waals surface area contributed by atoms with Crippen LogP contribution in [0.25, 0.3) is 0 Å². The van der Waals surface area contributed by atoms with Gasteiger partial charge < -0.3 is 20.9 Å². The molecule has 2 aliphatic carbocycles. The molecule has 9 heteroatoms. The number of nitrogens with zero attached hydrogens (tertiary/aromatic N) is 4. The Balaban J connectivity index is 1.12. The average molecular weight is 463 g/mol. The summed E-state index contributed by atoms with van der Waals surface area (Å²) in [5.74, 6) is 0.319. The first-order chi connectivity index (χ1) is 16.4. The van der Waals surface area contributed by atoms with Gasteiger partial charge in [0.15, 0.2) is 0 Å². The Morgan fingerprint density at radius 3 is 2.82 bits per heavy atom. The van der Waals surface area contributed by atoms with Crippen molar-refractivity contribution in [3.8, 4) is 6.07 Å². The van der Waals surface area contributed by atoms with Gasteiger partial charge in [-0.3, -0.25) is 19.3 Å². The third kappa shape index (κ3) is 3.16. The Labute approximate surface area is 198 Å². The van der Waals surface area contributed by atoms with Crippen LogP contribution >= 0.6 is 0 Å². The quantitative estimate of drug-likeness (QED) is 0.643. The third-order valence-corrected chi connectivity index (χ3v) is 8.58. The van der Waals surface area contributed by atoms with Gasteiger partial charge in [-0.1, -0.05) is 6.07 Å². The number of aryl methyl sites for hydroxylation is 1. The Morgan fingerprint density at radius 2 is 2.09 bits per heavy atom. The zero-order valence-corrected chi connectivity index (χ0v) is 19.3. The lowest BCUT2D eigenvalue weighted by atomic mass is 10.0. The summed E-state index contributed by atoms with van der Waals surface area (Å²) in [5.41, 5.74) is 9.25. The van der Waals surface area contributed by atoms with E-state index in [0.717, 1.165) is 43.2 Å². The van der Waals surface area contributed by atoms with Crippen molar-refractivity contribution in [2.45, 2.75) is 68.4 Å².